The molecule has 1 aromatic heterocycles. The number of carbonyl (C=O) groups is 2. The van der Waals surface area contributed by atoms with Crippen LogP contribution in [0.1, 0.15) is 24.0 Å². The first kappa shape index (κ1) is 18.5. The van der Waals surface area contributed by atoms with E-state index in [0.29, 0.717) is 31.7 Å². The van der Waals surface area contributed by atoms with Crippen molar-refractivity contribution in [2.24, 2.45) is 0 Å². The molecule has 0 saturated heterocycles. The third kappa shape index (κ3) is 6.29. The lowest BCUT2D eigenvalue weighted by Gasteiger charge is -2.09. The average Bonchev–Trinajstić information content (AvgIpc) is 3.00. The number of nitrogens with one attached hydrogen (secondary N) is 2. The molecule has 0 aliphatic carbocycles. The SMILES string of the molecule is Cc1cccc(CNC(=O)Nc2ccn(CCCC(=O)N(C)C)n2)c1. The molecule has 0 radical (unpaired) electrons. The molecule has 0 aliphatic heterocycles. The standard InChI is InChI=1S/C18H25N5O2/c1-14-6-4-7-15(12-14)13-19-18(25)20-16-9-11-23(21-16)10-5-8-17(24)22(2)3/h4,6-7,9,11-12H,5,8,10,13H2,1-3H3,(H2,19,20,21,25). The Hall–Kier alpha value is -2.83. The van der Waals surface area contributed by atoms with Gasteiger partial charge in [-0.3, -0.25) is 14.8 Å². The van der Waals surface area contributed by atoms with Gasteiger partial charge < -0.3 is 10.2 Å². The molecular weight excluding hydrogens is 318 g/mol. The molecule has 7 nitrogen and oxygen atoms in total. The molecule has 0 saturated carbocycles. The molecule has 1 aromatic carbocycles. The van der Waals surface area contributed by atoms with Gasteiger partial charge in [0.05, 0.1) is 0 Å². The number of hydrogen-bond donors (Lipinski definition) is 2. The summed E-state index contributed by atoms with van der Waals surface area (Å²) in [5, 5.41) is 9.79. The van der Waals surface area contributed by atoms with Crippen molar-refractivity contribution in [3.05, 3.63) is 47.7 Å². The normalized spacial score (nSPS) is 10.4. The highest BCUT2D eigenvalue weighted by atomic mass is 16.2. The van der Waals surface area contributed by atoms with Crippen molar-refractivity contribution in [2.75, 3.05) is 19.4 Å². The summed E-state index contributed by atoms with van der Waals surface area (Å²) < 4.78 is 1.72. The number of carbonyl (C=O) groups excluding carboxylic acids is 2. The van der Waals surface area contributed by atoms with Gasteiger partial charge in [-0.15, -0.1) is 0 Å². The van der Waals surface area contributed by atoms with Gasteiger partial charge in [-0.05, 0) is 18.9 Å². The van der Waals surface area contributed by atoms with Crippen LogP contribution in [-0.4, -0.2) is 40.7 Å². The number of anilines is 1. The number of benzene rings is 1. The second kappa shape index (κ2) is 8.86. The Morgan fingerprint density at radius 3 is 2.76 bits per heavy atom. The number of aromatic nitrogens is 2. The third-order valence-electron chi connectivity index (χ3n) is 3.69. The van der Waals surface area contributed by atoms with Gasteiger partial charge in [0.1, 0.15) is 0 Å². The molecular formula is C18H25N5O2. The van der Waals surface area contributed by atoms with Crippen LogP contribution < -0.4 is 10.6 Å². The number of rotatable bonds is 7. The molecule has 134 valence electrons. The van der Waals surface area contributed by atoms with Gasteiger partial charge in [0.15, 0.2) is 5.82 Å². The molecule has 0 unspecified atom stereocenters. The largest absolute Gasteiger partial charge is 0.349 e. The highest BCUT2D eigenvalue weighted by molar-refractivity contribution is 5.88. The van der Waals surface area contributed by atoms with Crippen LogP contribution in [0.3, 0.4) is 0 Å². The molecule has 0 bridgehead atoms. The summed E-state index contributed by atoms with van der Waals surface area (Å²) in [7, 11) is 3.49. The van der Waals surface area contributed by atoms with Crippen LogP contribution in [0, 0.1) is 6.92 Å². The van der Waals surface area contributed by atoms with E-state index >= 15 is 0 Å². The quantitative estimate of drug-likeness (QED) is 0.810. The topological polar surface area (TPSA) is 79.3 Å². The van der Waals surface area contributed by atoms with Crippen molar-refractivity contribution >= 4 is 17.8 Å². The summed E-state index contributed by atoms with van der Waals surface area (Å²) in [5.41, 5.74) is 2.21. The zero-order valence-electron chi connectivity index (χ0n) is 15.0. The van der Waals surface area contributed by atoms with Crippen LogP contribution >= 0.6 is 0 Å². The van der Waals surface area contributed by atoms with E-state index in [-0.39, 0.29) is 11.9 Å². The Kier molecular flexibility index (Phi) is 6.56. The van der Waals surface area contributed by atoms with Crippen molar-refractivity contribution < 1.29 is 9.59 Å². The molecule has 7 heteroatoms. The van der Waals surface area contributed by atoms with Gasteiger partial charge >= 0.3 is 6.03 Å². The molecule has 0 fully saturated rings. The number of urea groups is 1. The lowest BCUT2D eigenvalue weighted by Crippen LogP contribution is -2.28. The summed E-state index contributed by atoms with van der Waals surface area (Å²) in [6.07, 6.45) is 2.97. The van der Waals surface area contributed by atoms with E-state index in [1.807, 2.05) is 31.2 Å². The second-order valence-electron chi connectivity index (χ2n) is 6.15. The number of aryl methyl sites for hydroxylation is 2. The Labute approximate surface area is 148 Å². The first-order valence-corrected chi connectivity index (χ1v) is 8.28. The van der Waals surface area contributed by atoms with Gasteiger partial charge in [0, 0.05) is 45.9 Å². The Morgan fingerprint density at radius 1 is 1.24 bits per heavy atom. The lowest BCUT2D eigenvalue weighted by molar-refractivity contribution is -0.128. The minimum atomic E-state index is -0.297. The maximum Gasteiger partial charge on any atom is 0.320 e. The minimum Gasteiger partial charge on any atom is -0.349 e. The second-order valence-corrected chi connectivity index (χ2v) is 6.15. The van der Waals surface area contributed by atoms with Gasteiger partial charge in [0.2, 0.25) is 5.91 Å². The fraction of sp³-hybridized carbons (Fsp3) is 0.389. The molecule has 0 spiro atoms. The van der Waals surface area contributed by atoms with Crippen molar-refractivity contribution in [3.8, 4) is 0 Å². The zero-order chi connectivity index (χ0) is 18.2. The Morgan fingerprint density at radius 2 is 2.04 bits per heavy atom. The number of hydrogen-bond acceptors (Lipinski definition) is 3. The fourth-order valence-electron chi connectivity index (χ4n) is 2.33. The van der Waals surface area contributed by atoms with Crippen molar-refractivity contribution in [1.29, 1.82) is 0 Å². The number of nitrogens with zero attached hydrogens (tertiary/aromatic N) is 3. The maximum absolute atomic E-state index is 11.9. The highest BCUT2D eigenvalue weighted by Gasteiger charge is 2.06. The third-order valence-corrected chi connectivity index (χ3v) is 3.69. The summed E-state index contributed by atoms with van der Waals surface area (Å²) in [6.45, 7) is 3.11. The Balaban J connectivity index is 1.74. The molecule has 2 aromatic rings. The van der Waals surface area contributed by atoms with Crippen LogP contribution in [0.5, 0.6) is 0 Å². The molecule has 3 amide bonds. The van der Waals surface area contributed by atoms with E-state index < -0.39 is 0 Å². The predicted molar refractivity (Wildman–Crippen MR) is 97.2 cm³/mol. The van der Waals surface area contributed by atoms with Crippen molar-refractivity contribution in [1.82, 2.24) is 20.0 Å². The Bertz CT molecular complexity index is 724. The molecule has 0 aliphatic rings. The molecule has 25 heavy (non-hydrogen) atoms. The van der Waals surface area contributed by atoms with E-state index in [0.717, 1.165) is 11.1 Å². The minimum absolute atomic E-state index is 0.0982. The molecule has 2 rings (SSSR count). The zero-order valence-corrected chi connectivity index (χ0v) is 15.0. The summed E-state index contributed by atoms with van der Waals surface area (Å²) >= 11 is 0. The van der Waals surface area contributed by atoms with E-state index in [4.69, 9.17) is 0 Å². The predicted octanol–water partition coefficient (Wildman–Crippen LogP) is 2.38. The van der Waals surface area contributed by atoms with Gasteiger partial charge in [-0.2, -0.15) is 5.10 Å². The van der Waals surface area contributed by atoms with E-state index in [9.17, 15) is 9.59 Å². The van der Waals surface area contributed by atoms with Gasteiger partial charge in [-0.1, -0.05) is 29.8 Å². The lowest BCUT2D eigenvalue weighted by atomic mass is 10.1. The first-order chi connectivity index (χ1) is 11.9. The monoisotopic (exact) mass is 343 g/mol. The summed E-state index contributed by atoms with van der Waals surface area (Å²) in [6, 6.07) is 9.42. The van der Waals surface area contributed by atoms with Crippen LogP contribution in [0.15, 0.2) is 36.5 Å². The van der Waals surface area contributed by atoms with E-state index in [1.165, 1.54) is 0 Å². The van der Waals surface area contributed by atoms with E-state index in [2.05, 4.69) is 15.7 Å². The van der Waals surface area contributed by atoms with E-state index in [1.54, 1.807) is 35.9 Å². The van der Waals surface area contributed by atoms with Crippen LogP contribution in [0.2, 0.25) is 0 Å². The number of amides is 3. The van der Waals surface area contributed by atoms with Crippen LogP contribution in [-0.2, 0) is 17.9 Å². The van der Waals surface area contributed by atoms with Gasteiger partial charge in [0.25, 0.3) is 0 Å². The smallest absolute Gasteiger partial charge is 0.320 e. The van der Waals surface area contributed by atoms with Crippen molar-refractivity contribution in [2.45, 2.75) is 32.9 Å². The molecule has 0 atom stereocenters. The fourth-order valence-corrected chi connectivity index (χ4v) is 2.33. The highest BCUT2D eigenvalue weighted by Crippen LogP contribution is 2.06. The van der Waals surface area contributed by atoms with Crippen molar-refractivity contribution in [3.63, 3.8) is 0 Å². The van der Waals surface area contributed by atoms with Crippen LogP contribution in [0.4, 0.5) is 10.6 Å². The maximum atomic E-state index is 11.9. The molecule has 1 heterocycles. The van der Waals surface area contributed by atoms with Crippen LogP contribution in [0.25, 0.3) is 0 Å². The summed E-state index contributed by atoms with van der Waals surface area (Å²) in [4.78, 5) is 25.0. The first-order valence-electron chi connectivity index (χ1n) is 8.28. The average molecular weight is 343 g/mol. The summed E-state index contributed by atoms with van der Waals surface area (Å²) in [5.74, 6) is 0.585. The molecule has 2 N–H and O–H groups in total. The van der Waals surface area contributed by atoms with Gasteiger partial charge in [-0.25, -0.2) is 4.79 Å².